The number of ether oxygens (including phenoxy) is 1. The highest BCUT2D eigenvalue weighted by Crippen LogP contribution is 2.67. The first-order chi connectivity index (χ1) is 13.3. The van der Waals surface area contributed by atoms with E-state index in [1.807, 2.05) is 0 Å². The van der Waals surface area contributed by atoms with E-state index in [0.29, 0.717) is 22.9 Å². The molecule has 3 fully saturated rings. The van der Waals surface area contributed by atoms with Crippen LogP contribution in [0.2, 0.25) is 0 Å². The van der Waals surface area contributed by atoms with Crippen molar-refractivity contribution in [2.75, 3.05) is 6.61 Å². The van der Waals surface area contributed by atoms with Gasteiger partial charge in [0.1, 0.15) is 0 Å². The Hall–Kier alpha value is -0.600. The van der Waals surface area contributed by atoms with Crippen LogP contribution in [0.25, 0.3) is 0 Å². The first-order valence-electron chi connectivity index (χ1n) is 12.1. The Morgan fingerprint density at radius 3 is 2.54 bits per heavy atom. The molecule has 1 unspecified atom stereocenters. The van der Waals surface area contributed by atoms with Crippen LogP contribution in [0, 0.1) is 34.5 Å². The second-order valence-corrected chi connectivity index (χ2v) is 11.4. The monoisotopic (exact) mass is 384 g/mol. The van der Waals surface area contributed by atoms with Gasteiger partial charge in [0, 0.05) is 6.61 Å². The minimum absolute atomic E-state index is 0.109. The summed E-state index contributed by atoms with van der Waals surface area (Å²) in [5, 5.41) is 10.3. The van der Waals surface area contributed by atoms with Crippen LogP contribution in [0.3, 0.4) is 0 Å². The minimum atomic E-state index is -0.109. The van der Waals surface area contributed by atoms with E-state index in [0.717, 1.165) is 37.2 Å². The van der Waals surface area contributed by atoms with Crippen molar-refractivity contribution >= 4 is 0 Å². The van der Waals surface area contributed by atoms with Crippen LogP contribution in [0.1, 0.15) is 85.5 Å². The lowest BCUT2D eigenvalue weighted by molar-refractivity contribution is -0.0585. The molecule has 28 heavy (non-hydrogen) atoms. The maximum atomic E-state index is 10.3. The average molecular weight is 385 g/mol. The summed E-state index contributed by atoms with van der Waals surface area (Å²) in [4.78, 5) is 0. The highest BCUT2D eigenvalue weighted by atomic mass is 16.5. The van der Waals surface area contributed by atoms with Gasteiger partial charge in [-0.3, -0.25) is 0 Å². The second-order valence-electron chi connectivity index (χ2n) is 11.4. The van der Waals surface area contributed by atoms with Gasteiger partial charge in [0.05, 0.1) is 12.2 Å². The topological polar surface area (TPSA) is 29.5 Å². The van der Waals surface area contributed by atoms with Crippen LogP contribution >= 0.6 is 0 Å². The van der Waals surface area contributed by atoms with Gasteiger partial charge in [-0.05, 0) is 105 Å². The molecule has 1 heterocycles. The summed E-state index contributed by atoms with van der Waals surface area (Å²) < 4.78 is 6.33. The lowest BCUT2D eigenvalue weighted by Crippen LogP contribution is -2.53. The molecule has 1 saturated heterocycles. The molecule has 5 rings (SSSR count). The molecular formula is C26H40O2. The fourth-order valence-electron chi connectivity index (χ4n) is 8.58. The van der Waals surface area contributed by atoms with Gasteiger partial charge >= 0.3 is 0 Å². The molecule has 0 bridgehead atoms. The molecule has 0 aromatic rings. The quantitative estimate of drug-likeness (QED) is 0.558. The van der Waals surface area contributed by atoms with Gasteiger partial charge in [-0.25, -0.2) is 0 Å². The predicted molar refractivity (Wildman–Crippen MR) is 114 cm³/mol. The van der Waals surface area contributed by atoms with Gasteiger partial charge in [-0.2, -0.15) is 0 Å². The van der Waals surface area contributed by atoms with E-state index in [1.165, 1.54) is 44.9 Å². The van der Waals surface area contributed by atoms with Crippen molar-refractivity contribution in [2.24, 2.45) is 34.5 Å². The summed E-state index contributed by atoms with van der Waals surface area (Å²) in [6.45, 7) is 11.0. The van der Waals surface area contributed by atoms with Crippen molar-refractivity contribution in [1.29, 1.82) is 0 Å². The number of fused-ring (bicyclic) bond motifs is 5. The Morgan fingerprint density at radius 1 is 1.00 bits per heavy atom. The summed E-state index contributed by atoms with van der Waals surface area (Å²) in [5.74, 6) is 3.01. The van der Waals surface area contributed by atoms with E-state index >= 15 is 0 Å². The second kappa shape index (κ2) is 6.71. The summed E-state index contributed by atoms with van der Waals surface area (Å²) in [6, 6.07) is 0. The fraction of sp³-hybridized carbons (Fsp3) is 0.846. The van der Waals surface area contributed by atoms with Crippen LogP contribution in [-0.4, -0.2) is 23.9 Å². The van der Waals surface area contributed by atoms with E-state index in [1.54, 1.807) is 16.7 Å². The lowest BCUT2D eigenvalue weighted by Gasteiger charge is -2.59. The van der Waals surface area contributed by atoms with Crippen molar-refractivity contribution < 1.29 is 9.84 Å². The van der Waals surface area contributed by atoms with Gasteiger partial charge in [0.25, 0.3) is 0 Å². The first kappa shape index (κ1) is 19.4. The molecule has 8 atom stereocenters. The van der Waals surface area contributed by atoms with E-state index < -0.39 is 0 Å². The molecule has 0 aromatic heterocycles. The molecule has 2 nitrogen and oxygen atoms in total. The summed E-state index contributed by atoms with van der Waals surface area (Å²) >= 11 is 0. The molecule has 2 saturated carbocycles. The standard InChI is InChI=1S/C26H40O2/c1-16-13-18-15-19(27)8-10-25(18,3)20-9-11-26(4)21(23(16)20)14-17(2)24(26)22-7-5-6-12-28-22/h13,16,19-23,27H,5-12,14-15H2,1-4H3/t16-,19-,20-,21-,22?,23+,25-,26-/m0/s1. The molecule has 2 heteroatoms. The molecule has 0 amide bonds. The Morgan fingerprint density at radius 2 is 1.79 bits per heavy atom. The Labute approximate surface area is 171 Å². The third-order valence-electron chi connectivity index (χ3n) is 9.90. The van der Waals surface area contributed by atoms with Crippen LogP contribution in [0.15, 0.2) is 22.8 Å². The van der Waals surface area contributed by atoms with Gasteiger partial charge in [0.2, 0.25) is 0 Å². The maximum Gasteiger partial charge on any atom is 0.0792 e. The summed E-state index contributed by atoms with van der Waals surface area (Å²) in [7, 11) is 0. The molecule has 4 aliphatic carbocycles. The smallest absolute Gasteiger partial charge is 0.0792 e. The molecule has 5 aliphatic rings. The molecule has 0 aromatic carbocycles. The van der Waals surface area contributed by atoms with Crippen molar-refractivity contribution in [3.8, 4) is 0 Å². The number of allylic oxidation sites excluding steroid dienone is 2. The molecule has 0 spiro atoms. The number of aliphatic hydroxyl groups excluding tert-OH is 1. The normalized spacial score (nSPS) is 51.2. The molecule has 156 valence electrons. The zero-order valence-corrected chi connectivity index (χ0v) is 18.5. The van der Waals surface area contributed by atoms with Gasteiger partial charge in [0.15, 0.2) is 0 Å². The zero-order valence-electron chi connectivity index (χ0n) is 18.5. The Balaban J connectivity index is 1.49. The summed E-state index contributed by atoms with van der Waals surface area (Å²) in [6.07, 6.45) is 13.8. The Bertz CT molecular complexity index is 699. The minimum Gasteiger partial charge on any atom is -0.393 e. The zero-order chi connectivity index (χ0) is 19.7. The largest absolute Gasteiger partial charge is 0.393 e. The molecule has 0 radical (unpaired) electrons. The number of rotatable bonds is 1. The third-order valence-corrected chi connectivity index (χ3v) is 9.90. The molecule has 1 aliphatic heterocycles. The molecule has 1 N–H and O–H groups in total. The van der Waals surface area contributed by atoms with E-state index in [4.69, 9.17) is 4.74 Å². The Kier molecular flexibility index (Phi) is 4.64. The van der Waals surface area contributed by atoms with Crippen molar-refractivity contribution in [2.45, 2.75) is 97.7 Å². The van der Waals surface area contributed by atoms with Crippen LogP contribution in [0.4, 0.5) is 0 Å². The van der Waals surface area contributed by atoms with Gasteiger partial charge in [-0.1, -0.05) is 38.0 Å². The number of hydrogen-bond acceptors (Lipinski definition) is 2. The van der Waals surface area contributed by atoms with Crippen molar-refractivity contribution in [1.82, 2.24) is 0 Å². The van der Waals surface area contributed by atoms with Crippen molar-refractivity contribution in [3.05, 3.63) is 22.8 Å². The van der Waals surface area contributed by atoms with Crippen molar-refractivity contribution in [3.63, 3.8) is 0 Å². The predicted octanol–water partition coefficient (Wildman–Crippen LogP) is 6.05. The lowest BCUT2D eigenvalue weighted by atomic mass is 9.45. The number of aliphatic hydroxyl groups is 1. The average Bonchev–Trinajstić information content (AvgIpc) is 2.94. The van der Waals surface area contributed by atoms with Crippen LogP contribution in [-0.2, 0) is 4.74 Å². The van der Waals surface area contributed by atoms with E-state index in [2.05, 4.69) is 33.8 Å². The first-order valence-corrected chi connectivity index (χ1v) is 12.1. The van der Waals surface area contributed by atoms with Gasteiger partial charge in [-0.15, -0.1) is 0 Å². The third kappa shape index (κ3) is 2.66. The summed E-state index contributed by atoms with van der Waals surface area (Å²) in [5.41, 5.74) is 5.63. The molecular weight excluding hydrogens is 344 g/mol. The van der Waals surface area contributed by atoms with E-state index in [-0.39, 0.29) is 6.10 Å². The highest BCUT2D eigenvalue weighted by molar-refractivity contribution is 5.36. The van der Waals surface area contributed by atoms with Crippen LogP contribution in [0.5, 0.6) is 0 Å². The fourth-order valence-corrected chi connectivity index (χ4v) is 8.58. The highest BCUT2D eigenvalue weighted by Gasteiger charge is 2.59. The maximum absolute atomic E-state index is 10.3. The number of hydrogen-bond donors (Lipinski definition) is 1. The van der Waals surface area contributed by atoms with Crippen LogP contribution < -0.4 is 0 Å². The van der Waals surface area contributed by atoms with Gasteiger partial charge < -0.3 is 9.84 Å². The SMILES string of the molecule is CC1=C(C2CCCCO2)[C@@]2(C)CC[C@H]3[C@@H]([C@@H](C)C=C4C[C@@H](O)CC[C@@]43C)[C@@H]2C1. The van der Waals surface area contributed by atoms with E-state index in [9.17, 15) is 5.11 Å².